The van der Waals surface area contributed by atoms with E-state index in [4.69, 9.17) is 0 Å². The molecule has 8 nitrogen and oxygen atoms in total. The van der Waals surface area contributed by atoms with E-state index in [2.05, 4.69) is 30.4 Å². The van der Waals surface area contributed by atoms with Crippen LogP contribution in [0.2, 0.25) is 0 Å². The minimum absolute atomic E-state index is 0.186. The maximum atomic E-state index is 12.0. The molecular formula is C12H16N6O2. The van der Waals surface area contributed by atoms with Gasteiger partial charge in [-0.05, 0) is 27.7 Å². The predicted molar refractivity (Wildman–Crippen MR) is 76.1 cm³/mol. The molecule has 106 valence electrons. The van der Waals surface area contributed by atoms with Crippen molar-refractivity contribution < 1.29 is 0 Å². The molecule has 0 saturated carbocycles. The highest BCUT2D eigenvalue weighted by Crippen LogP contribution is 2.41. The summed E-state index contributed by atoms with van der Waals surface area (Å²) in [6, 6.07) is 0.187. The zero-order valence-corrected chi connectivity index (χ0v) is 11.7. The van der Waals surface area contributed by atoms with Crippen molar-refractivity contribution in [1.82, 2.24) is 20.2 Å². The van der Waals surface area contributed by atoms with E-state index in [9.17, 15) is 9.59 Å². The molecule has 0 aliphatic carbocycles. The van der Waals surface area contributed by atoms with Crippen LogP contribution in [-0.4, -0.2) is 31.9 Å². The molecule has 0 atom stereocenters. The molecule has 1 aliphatic rings. The topological polar surface area (TPSA) is 107 Å². The van der Waals surface area contributed by atoms with Crippen LogP contribution in [0.1, 0.15) is 27.7 Å². The molecule has 0 unspecified atom stereocenters. The lowest BCUT2D eigenvalue weighted by atomic mass is 10.2. The van der Waals surface area contributed by atoms with Gasteiger partial charge in [0, 0.05) is 6.04 Å². The van der Waals surface area contributed by atoms with Crippen LogP contribution in [0.3, 0.4) is 0 Å². The van der Waals surface area contributed by atoms with E-state index in [1.165, 1.54) is 0 Å². The van der Waals surface area contributed by atoms with Gasteiger partial charge >= 0.3 is 5.69 Å². The lowest BCUT2D eigenvalue weighted by Crippen LogP contribution is -2.49. The fourth-order valence-electron chi connectivity index (χ4n) is 2.85. The molecule has 3 heterocycles. The molecule has 8 heteroatoms. The molecule has 3 rings (SSSR count). The van der Waals surface area contributed by atoms with Gasteiger partial charge in [0.25, 0.3) is 5.56 Å². The first-order chi connectivity index (χ1) is 9.31. The minimum atomic E-state index is -0.588. The molecule has 20 heavy (non-hydrogen) atoms. The van der Waals surface area contributed by atoms with Gasteiger partial charge in [-0.15, -0.1) is 10.2 Å². The van der Waals surface area contributed by atoms with E-state index in [0.717, 1.165) is 0 Å². The molecule has 0 fully saturated rings. The van der Waals surface area contributed by atoms with Crippen molar-refractivity contribution in [3.05, 3.63) is 20.8 Å². The summed E-state index contributed by atoms with van der Waals surface area (Å²) in [5.41, 5.74) is -0.654. The van der Waals surface area contributed by atoms with Gasteiger partial charge in [-0.1, -0.05) is 0 Å². The second kappa shape index (κ2) is 3.81. The van der Waals surface area contributed by atoms with Crippen molar-refractivity contribution in [2.45, 2.75) is 39.4 Å². The van der Waals surface area contributed by atoms with E-state index in [0.29, 0.717) is 16.9 Å². The number of hydrogen-bond acceptors (Lipinski definition) is 6. The first-order valence-corrected chi connectivity index (χ1v) is 6.42. The van der Waals surface area contributed by atoms with Gasteiger partial charge in [0.1, 0.15) is 11.0 Å². The van der Waals surface area contributed by atoms with E-state index < -0.39 is 11.2 Å². The molecule has 0 saturated heterocycles. The number of hydrogen-bond donors (Lipinski definition) is 3. The summed E-state index contributed by atoms with van der Waals surface area (Å²) >= 11 is 0. The first kappa shape index (κ1) is 12.6. The third-order valence-electron chi connectivity index (χ3n) is 3.42. The number of aromatic amines is 2. The summed E-state index contributed by atoms with van der Waals surface area (Å²) in [4.78, 5) is 30.1. The second-order valence-electron chi connectivity index (χ2n) is 5.68. The van der Waals surface area contributed by atoms with Crippen LogP contribution >= 0.6 is 0 Å². The number of nitrogens with zero attached hydrogens (tertiary/aromatic N) is 3. The van der Waals surface area contributed by atoms with Crippen molar-refractivity contribution in [3.63, 3.8) is 0 Å². The Morgan fingerprint density at radius 2 is 1.85 bits per heavy atom. The molecule has 2 aromatic heterocycles. The summed E-state index contributed by atoms with van der Waals surface area (Å²) in [6.07, 6.45) is 0. The number of aromatic nitrogens is 4. The van der Waals surface area contributed by atoms with Crippen LogP contribution in [0, 0.1) is 0 Å². The fraction of sp³-hybridized carbons (Fsp3) is 0.500. The van der Waals surface area contributed by atoms with Crippen molar-refractivity contribution >= 4 is 22.5 Å². The van der Waals surface area contributed by atoms with Gasteiger partial charge in [0.2, 0.25) is 0 Å². The van der Waals surface area contributed by atoms with Gasteiger partial charge in [-0.25, -0.2) is 4.79 Å². The lowest BCUT2D eigenvalue weighted by Gasteiger charge is -2.35. The Balaban J connectivity index is 2.38. The zero-order valence-electron chi connectivity index (χ0n) is 11.7. The number of rotatable bonds is 1. The van der Waals surface area contributed by atoms with Crippen LogP contribution < -0.4 is 21.5 Å². The van der Waals surface area contributed by atoms with Crippen molar-refractivity contribution in [2.75, 3.05) is 10.2 Å². The maximum absolute atomic E-state index is 12.0. The average Bonchev–Trinajstić information content (AvgIpc) is 2.57. The van der Waals surface area contributed by atoms with Crippen LogP contribution in [0.4, 0.5) is 11.5 Å². The highest BCUT2D eigenvalue weighted by molar-refractivity contribution is 5.96. The number of H-pyrrole nitrogens is 2. The largest absolute Gasteiger partial charge is 0.359 e. The molecule has 0 bridgehead atoms. The van der Waals surface area contributed by atoms with Gasteiger partial charge in [-0.2, -0.15) is 0 Å². The summed E-state index contributed by atoms with van der Waals surface area (Å²) in [6.45, 7) is 8.09. The number of anilines is 2. The Morgan fingerprint density at radius 1 is 1.15 bits per heavy atom. The molecule has 3 N–H and O–H groups in total. The highest BCUT2D eigenvalue weighted by Gasteiger charge is 2.40. The monoisotopic (exact) mass is 276 g/mol. The van der Waals surface area contributed by atoms with E-state index in [1.807, 2.05) is 27.7 Å². The van der Waals surface area contributed by atoms with Crippen molar-refractivity contribution in [3.8, 4) is 0 Å². The summed E-state index contributed by atoms with van der Waals surface area (Å²) in [5, 5.41) is 11.7. The molecule has 0 amide bonds. The third-order valence-corrected chi connectivity index (χ3v) is 3.42. The van der Waals surface area contributed by atoms with E-state index >= 15 is 0 Å². The van der Waals surface area contributed by atoms with Crippen LogP contribution in [0.15, 0.2) is 9.59 Å². The van der Waals surface area contributed by atoms with E-state index in [1.54, 1.807) is 0 Å². The van der Waals surface area contributed by atoms with Crippen molar-refractivity contribution in [2.24, 2.45) is 0 Å². The van der Waals surface area contributed by atoms with Crippen LogP contribution in [-0.2, 0) is 0 Å². The standard InChI is InChI=1S/C12H16N6O2/c1-5(2)18-9-7(15-12(18,3)4)6-8(16-17-9)13-11(20)14-10(6)19/h5,15H,1-4H3,(H2,13,14,16,19,20). The molecule has 0 spiro atoms. The third kappa shape index (κ3) is 1.60. The smallest absolute Gasteiger partial charge is 0.327 e. The SMILES string of the molecule is CC(C)N1c2nnc3[nH]c(=O)[nH]c(=O)c3c2NC1(C)C. The molecule has 0 radical (unpaired) electrons. The predicted octanol–water partition coefficient (Wildman–Crippen LogP) is 0.383. The fourth-order valence-corrected chi connectivity index (χ4v) is 2.85. The zero-order chi connectivity index (χ0) is 14.7. The Labute approximate surface area is 114 Å². The Hall–Kier alpha value is -2.38. The summed E-state index contributed by atoms with van der Waals surface area (Å²) in [7, 11) is 0. The number of nitrogens with one attached hydrogen (secondary N) is 3. The van der Waals surface area contributed by atoms with Gasteiger partial charge < -0.3 is 10.2 Å². The summed E-state index contributed by atoms with van der Waals surface area (Å²) in [5.74, 6) is 0.620. The molecular weight excluding hydrogens is 260 g/mol. The maximum Gasteiger partial charge on any atom is 0.327 e. The Kier molecular flexibility index (Phi) is 2.41. The van der Waals surface area contributed by atoms with Crippen LogP contribution in [0.25, 0.3) is 11.0 Å². The van der Waals surface area contributed by atoms with E-state index in [-0.39, 0.29) is 17.4 Å². The molecule has 2 aromatic rings. The van der Waals surface area contributed by atoms with Crippen molar-refractivity contribution in [1.29, 1.82) is 0 Å². The average molecular weight is 276 g/mol. The highest BCUT2D eigenvalue weighted by atomic mass is 16.2. The van der Waals surface area contributed by atoms with Gasteiger partial charge in [0.05, 0.1) is 5.69 Å². The molecule has 0 aromatic carbocycles. The second-order valence-corrected chi connectivity index (χ2v) is 5.68. The Bertz CT molecular complexity index is 804. The molecule has 1 aliphatic heterocycles. The van der Waals surface area contributed by atoms with Crippen LogP contribution in [0.5, 0.6) is 0 Å². The number of fused-ring (bicyclic) bond motifs is 3. The quantitative estimate of drug-likeness (QED) is 0.695. The van der Waals surface area contributed by atoms with Gasteiger partial charge in [-0.3, -0.25) is 14.8 Å². The Morgan fingerprint density at radius 3 is 2.50 bits per heavy atom. The summed E-state index contributed by atoms with van der Waals surface area (Å²) < 4.78 is 0. The first-order valence-electron chi connectivity index (χ1n) is 6.42. The lowest BCUT2D eigenvalue weighted by molar-refractivity contribution is 0.493. The van der Waals surface area contributed by atoms with Gasteiger partial charge in [0.15, 0.2) is 11.5 Å². The minimum Gasteiger partial charge on any atom is -0.359 e. The normalized spacial score (nSPS) is 16.6.